The number of ketones is 1. The lowest BCUT2D eigenvalue weighted by Gasteiger charge is -2.18. The SMILES string of the molecule is O=C(c1ccc2c(c1)CCC2)C1CCCCCCC1. The summed E-state index contributed by atoms with van der Waals surface area (Å²) in [5.41, 5.74) is 3.87. The second kappa shape index (κ2) is 5.90. The fourth-order valence-electron chi connectivity index (χ4n) is 3.68. The van der Waals surface area contributed by atoms with Crippen LogP contribution in [0.2, 0.25) is 0 Å². The summed E-state index contributed by atoms with van der Waals surface area (Å²) in [6, 6.07) is 6.45. The maximum absolute atomic E-state index is 12.7. The van der Waals surface area contributed by atoms with Crippen LogP contribution in [0.3, 0.4) is 0 Å². The second-order valence-electron chi connectivity index (χ2n) is 6.24. The van der Waals surface area contributed by atoms with Crippen LogP contribution in [-0.4, -0.2) is 5.78 Å². The van der Waals surface area contributed by atoms with Crippen molar-refractivity contribution in [2.75, 3.05) is 0 Å². The van der Waals surface area contributed by atoms with Crippen molar-refractivity contribution < 1.29 is 4.79 Å². The molecular formula is C18H24O. The molecule has 3 rings (SSSR count). The Morgan fingerprint density at radius 1 is 0.842 bits per heavy atom. The molecule has 1 aromatic carbocycles. The van der Waals surface area contributed by atoms with Gasteiger partial charge >= 0.3 is 0 Å². The summed E-state index contributed by atoms with van der Waals surface area (Å²) < 4.78 is 0. The predicted octanol–water partition coefficient (Wildman–Crippen LogP) is 4.72. The van der Waals surface area contributed by atoms with Gasteiger partial charge in [0.1, 0.15) is 0 Å². The van der Waals surface area contributed by atoms with Crippen LogP contribution in [0.1, 0.15) is 72.9 Å². The van der Waals surface area contributed by atoms with Gasteiger partial charge in [-0.2, -0.15) is 0 Å². The Morgan fingerprint density at radius 2 is 1.53 bits per heavy atom. The van der Waals surface area contributed by atoms with Crippen molar-refractivity contribution in [2.45, 2.75) is 64.2 Å². The molecule has 1 fully saturated rings. The van der Waals surface area contributed by atoms with Gasteiger partial charge in [0, 0.05) is 11.5 Å². The molecule has 0 amide bonds. The lowest BCUT2D eigenvalue weighted by Crippen LogP contribution is -2.16. The standard InChI is InChI=1S/C18H24O/c19-18(15-7-4-2-1-3-5-8-15)17-12-11-14-9-6-10-16(14)13-17/h11-13,15H,1-10H2. The topological polar surface area (TPSA) is 17.1 Å². The monoisotopic (exact) mass is 256 g/mol. The van der Waals surface area contributed by atoms with Crippen LogP contribution in [0.4, 0.5) is 0 Å². The molecule has 1 heteroatoms. The maximum Gasteiger partial charge on any atom is 0.165 e. The van der Waals surface area contributed by atoms with Crippen LogP contribution >= 0.6 is 0 Å². The van der Waals surface area contributed by atoms with E-state index in [1.165, 1.54) is 62.5 Å². The number of hydrogen-bond acceptors (Lipinski definition) is 1. The number of carbonyl (C=O) groups is 1. The van der Waals surface area contributed by atoms with E-state index < -0.39 is 0 Å². The molecule has 0 saturated heterocycles. The Balaban J connectivity index is 1.75. The van der Waals surface area contributed by atoms with Gasteiger partial charge in [0.05, 0.1) is 0 Å². The van der Waals surface area contributed by atoms with Gasteiger partial charge in [-0.25, -0.2) is 0 Å². The first-order chi connectivity index (χ1) is 9.34. The molecule has 102 valence electrons. The number of hydrogen-bond donors (Lipinski definition) is 0. The molecule has 1 nitrogen and oxygen atoms in total. The van der Waals surface area contributed by atoms with Crippen molar-refractivity contribution in [3.63, 3.8) is 0 Å². The Hall–Kier alpha value is -1.11. The molecule has 0 spiro atoms. The van der Waals surface area contributed by atoms with Gasteiger partial charge in [0.25, 0.3) is 0 Å². The van der Waals surface area contributed by atoms with Crippen molar-refractivity contribution in [3.8, 4) is 0 Å². The highest BCUT2D eigenvalue weighted by Crippen LogP contribution is 2.28. The lowest BCUT2D eigenvalue weighted by atomic mass is 9.85. The van der Waals surface area contributed by atoms with Gasteiger partial charge in [-0.15, -0.1) is 0 Å². The number of carbonyl (C=O) groups excluding carboxylic acids is 1. The molecule has 1 aromatic rings. The molecule has 1 saturated carbocycles. The fraction of sp³-hybridized carbons (Fsp3) is 0.611. The third-order valence-corrected chi connectivity index (χ3v) is 4.86. The van der Waals surface area contributed by atoms with E-state index in [0.717, 1.165) is 18.4 Å². The summed E-state index contributed by atoms with van der Waals surface area (Å²) in [6.07, 6.45) is 12.3. The van der Waals surface area contributed by atoms with Gasteiger partial charge in [0.2, 0.25) is 0 Å². The predicted molar refractivity (Wildman–Crippen MR) is 78.6 cm³/mol. The average molecular weight is 256 g/mol. The number of benzene rings is 1. The zero-order chi connectivity index (χ0) is 13.1. The fourth-order valence-corrected chi connectivity index (χ4v) is 3.68. The van der Waals surface area contributed by atoms with Gasteiger partial charge in [0.15, 0.2) is 5.78 Å². The van der Waals surface area contributed by atoms with Crippen LogP contribution in [0.5, 0.6) is 0 Å². The van der Waals surface area contributed by atoms with Crippen LogP contribution in [0.25, 0.3) is 0 Å². The second-order valence-corrected chi connectivity index (χ2v) is 6.24. The number of Topliss-reactive ketones (excluding diaryl/α,β-unsaturated/α-hetero) is 1. The molecule has 2 aliphatic carbocycles. The van der Waals surface area contributed by atoms with Gasteiger partial charge in [-0.3, -0.25) is 4.79 Å². The zero-order valence-electron chi connectivity index (χ0n) is 11.8. The summed E-state index contributed by atoms with van der Waals surface area (Å²) in [6.45, 7) is 0. The Bertz CT molecular complexity index is 453. The molecule has 0 N–H and O–H groups in total. The first-order valence-electron chi connectivity index (χ1n) is 8.00. The minimum absolute atomic E-state index is 0.291. The van der Waals surface area contributed by atoms with E-state index in [2.05, 4.69) is 18.2 Å². The lowest BCUT2D eigenvalue weighted by molar-refractivity contribution is 0.0898. The Kier molecular flexibility index (Phi) is 4.00. The third-order valence-electron chi connectivity index (χ3n) is 4.86. The van der Waals surface area contributed by atoms with Crippen LogP contribution in [0.15, 0.2) is 18.2 Å². The minimum Gasteiger partial charge on any atom is -0.294 e. The number of rotatable bonds is 2. The number of fused-ring (bicyclic) bond motifs is 1. The molecule has 0 bridgehead atoms. The van der Waals surface area contributed by atoms with Crippen LogP contribution in [-0.2, 0) is 12.8 Å². The van der Waals surface area contributed by atoms with Crippen molar-refractivity contribution in [3.05, 3.63) is 34.9 Å². The van der Waals surface area contributed by atoms with Crippen molar-refractivity contribution in [2.24, 2.45) is 5.92 Å². The van der Waals surface area contributed by atoms with E-state index in [4.69, 9.17) is 0 Å². The Labute approximate surface area is 116 Å². The molecule has 19 heavy (non-hydrogen) atoms. The molecule has 0 heterocycles. The highest BCUT2D eigenvalue weighted by Gasteiger charge is 2.22. The zero-order valence-corrected chi connectivity index (χ0v) is 11.8. The van der Waals surface area contributed by atoms with Crippen molar-refractivity contribution in [1.82, 2.24) is 0 Å². The van der Waals surface area contributed by atoms with E-state index in [-0.39, 0.29) is 0 Å². The van der Waals surface area contributed by atoms with Gasteiger partial charge < -0.3 is 0 Å². The molecule has 0 aliphatic heterocycles. The van der Waals surface area contributed by atoms with Gasteiger partial charge in [-0.1, -0.05) is 44.2 Å². The normalized spacial score (nSPS) is 20.6. The third kappa shape index (κ3) is 2.91. The van der Waals surface area contributed by atoms with Crippen LogP contribution < -0.4 is 0 Å². The first kappa shape index (κ1) is 12.9. The molecule has 0 aromatic heterocycles. The highest BCUT2D eigenvalue weighted by atomic mass is 16.1. The number of aryl methyl sites for hydroxylation is 2. The minimum atomic E-state index is 0.291. The van der Waals surface area contributed by atoms with Crippen molar-refractivity contribution in [1.29, 1.82) is 0 Å². The van der Waals surface area contributed by atoms with Crippen molar-refractivity contribution >= 4 is 5.78 Å². The summed E-state index contributed by atoms with van der Waals surface area (Å²) in [7, 11) is 0. The molecular weight excluding hydrogens is 232 g/mol. The largest absolute Gasteiger partial charge is 0.294 e. The van der Waals surface area contributed by atoms with E-state index in [1.807, 2.05) is 0 Å². The van der Waals surface area contributed by atoms with E-state index in [0.29, 0.717) is 11.7 Å². The van der Waals surface area contributed by atoms with Gasteiger partial charge in [-0.05, 0) is 49.3 Å². The molecule has 2 aliphatic rings. The first-order valence-corrected chi connectivity index (χ1v) is 8.00. The summed E-state index contributed by atoms with van der Waals surface area (Å²) in [5.74, 6) is 0.705. The highest BCUT2D eigenvalue weighted by molar-refractivity contribution is 5.98. The summed E-state index contributed by atoms with van der Waals surface area (Å²) >= 11 is 0. The van der Waals surface area contributed by atoms with E-state index >= 15 is 0 Å². The maximum atomic E-state index is 12.7. The van der Waals surface area contributed by atoms with E-state index in [1.54, 1.807) is 0 Å². The van der Waals surface area contributed by atoms with E-state index in [9.17, 15) is 4.79 Å². The summed E-state index contributed by atoms with van der Waals surface area (Å²) in [4.78, 5) is 12.7. The molecule has 0 atom stereocenters. The Morgan fingerprint density at radius 3 is 2.32 bits per heavy atom. The van der Waals surface area contributed by atoms with Crippen LogP contribution in [0, 0.1) is 5.92 Å². The quantitative estimate of drug-likeness (QED) is 0.700. The summed E-state index contributed by atoms with van der Waals surface area (Å²) in [5, 5.41) is 0. The molecule has 0 unspecified atom stereocenters. The average Bonchev–Trinajstić information content (AvgIpc) is 2.84. The smallest absolute Gasteiger partial charge is 0.165 e. The molecule has 0 radical (unpaired) electrons.